The van der Waals surface area contributed by atoms with Gasteiger partial charge in [-0.05, 0) is 19.3 Å². The smallest absolute Gasteiger partial charge is 0.239 e. The summed E-state index contributed by atoms with van der Waals surface area (Å²) < 4.78 is 5.69. The first-order valence-electron chi connectivity index (χ1n) is 5.66. The molecule has 15 heavy (non-hydrogen) atoms. The first kappa shape index (κ1) is 12.5. The zero-order chi connectivity index (χ0) is 11.4. The third-order valence-corrected chi connectivity index (χ3v) is 2.51. The van der Waals surface area contributed by atoms with Crippen molar-refractivity contribution in [3.8, 4) is 0 Å². The van der Waals surface area contributed by atoms with Crippen molar-refractivity contribution in [2.24, 2.45) is 11.7 Å². The predicted molar refractivity (Wildman–Crippen MR) is 59.4 cm³/mol. The fourth-order valence-electron chi connectivity index (χ4n) is 1.68. The molecule has 1 fully saturated rings. The zero-order valence-corrected chi connectivity index (χ0v) is 9.90. The van der Waals surface area contributed by atoms with Crippen LogP contribution < -0.4 is 5.73 Å². The number of carbonyl (C=O) groups excluding carboxylic acids is 1. The molecule has 4 heteroatoms. The first-order chi connectivity index (χ1) is 7.00. The van der Waals surface area contributed by atoms with Crippen LogP contribution in [0.5, 0.6) is 0 Å². The molecule has 1 heterocycles. The van der Waals surface area contributed by atoms with E-state index in [4.69, 9.17) is 10.5 Å². The molecule has 1 aliphatic rings. The second-order valence-electron chi connectivity index (χ2n) is 4.71. The lowest BCUT2D eigenvalue weighted by molar-refractivity contribution is -0.131. The van der Waals surface area contributed by atoms with Crippen LogP contribution in [-0.2, 0) is 9.53 Å². The highest BCUT2D eigenvalue weighted by Gasteiger charge is 2.28. The van der Waals surface area contributed by atoms with Crippen LogP contribution in [0.15, 0.2) is 0 Å². The summed E-state index contributed by atoms with van der Waals surface area (Å²) in [4.78, 5) is 13.4. The maximum atomic E-state index is 11.6. The number of nitrogens with zero attached hydrogens (tertiary/aromatic N) is 1. The summed E-state index contributed by atoms with van der Waals surface area (Å²) in [5.41, 5.74) is 5.55. The maximum Gasteiger partial charge on any atom is 0.239 e. The van der Waals surface area contributed by atoms with Crippen molar-refractivity contribution in [2.45, 2.75) is 39.3 Å². The Balaban J connectivity index is 2.29. The molecule has 0 bridgehead atoms. The average molecular weight is 214 g/mol. The van der Waals surface area contributed by atoms with E-state index in [0.29, 0.717) is 12.5 Å². The van der Waals surface area contributed by atoms with E-state index in [1.54, 1.807) is 11.8 Å². The van der Waals surface area contributed by atoms with Gasteiger partial charge in [-0.15, -0.1) is 0 Å². The molecule has 1 unspecified atom stereocenters. The van der Waals surface area contributed by atoms with Gasteiger partial charge in [0.25, 0.3) is 0 Å². The van der Waals surface area contributed by atoms with Crippen molar-refractivity contribution < 1.29 is 9.53 Å². The number of amides is 1. The summed E-state index contributed by atoms with van der Waals surface area (Å²) in [6.07, 6.45) is 1.14. The summed E-state index contributed by atoms with van der Waals surface area (Å²) in [6, 6.07) is -0.395. The molecule has 0 aromatic rings. The monoisotopic (exact) mass is 214 g/mol. The average Bonchev–Trinajstić information content (AvgIpc) is 2.61. The molecular formula is C11H22N2O2. The predicted octanol–water partition coefficient (Wildman–Crippen LogP) is 0.607. The minimum atomic E-state index is -0.395. The van der Waals surface area contributed by atoms with Gasteiger partial charge >= 0.3 is 0 Å². The van der Waals surface area contributed by atoms with Crippen LogP contribution in [0.1, 0.15) is 27.2 Å². The van der Waals surface area contributed by atoms with Crippen LogP contribution in [0.4, 0.5) is 0 Å². The van der Waals surface area contributed by atoms with Gasteiger partial charge < -0.3 is 15.4 Å². The lowest BCUT2D eigenvalue weighted by atomic mass is 10.2. The van der Waals surface area contributed by atoms with E-state index < -0.39 is 6.04 Å². The molecule has 1 aliphatic heterocycles. The fourth-order valence-corrected chi connectivity index (χ4v) is 1.68. The summed E-state index contributed by atoms with van der Waals surface area (Å²) in [6.45, 7) is 8.23. The number of carbonyl (C=O) groups is 1. The van der Waals surface area contributed by atoms with Crippen LogP contribution >= 0.6 is 0 Å². The van der Waals surface area contributed by atoms with Crippen LogP contribution in [0.25, 0.3) is 0 Å². The Morgan fingerprint density at radius 2 is 2.20 bits per heavy atom. The topological polar surface area (TPSA) is 55.6 Å². The molecule has 0 aliphatic carbocycles. The second kappa shape index (κ2) is 5.47. The van der Waals surface area contributed by atoms with E-state index in [9.17, 15) is 4.79 Å². The van der Waals surface area contributed by atoms with E-state index in [1.807, 2.05) is 0 Å². The quantitative estimate of drug-likeness (QED) is 0.746. The Bertz CT molecular complexity index is 217. The van der Waals surface area contributed by atoms with Gasteiger partial charge in [0.2, 0.25) is 5.91 Å². The van der Waals surface area contributed by atoms with Gasteiger partial charge in [-0.2, -0.15) is 0 Å². The van der Waals surface area contributed by atoms with E-state index in [0.717, 1.165) is 19.6 Å². The minimum absolute atomic E-state index is 0.0330. The summed E-state index contributed by atoms with van der Waals surface area (Å²) >= 11 is 0. The van der Waals surface area contributed by atoms with Crippen molar-refractivity contribution in [2.75, 3.05) is 19.7 Å². The largest absolute Gasteiger partial charge is 0.376 e. The maximum absolute atomic E-state index is 11.6. The molecule has 0 aromatic carbocycles. The molecule has 88 valence electrons. The first-order valence-corrected chi connectivity index (χ1v) is 5.66. The molecule has 0 spiro atoms. The third-order valence-electron chi connectivity index (χ3n) is 2.51. The van der Waals surface area contributed by atoms with Gasteiger partial charge in [0, 0.05) is 19.7 Å². The van der Waals surface area contributed by atoms with Gasteiger partial charge in [0.15, 0.2) is 0 Å². The van der Waals surface area contributed by atoms with E-state index in [1.165, 1.54) is 0 Å². The lowest BCUT2D eigenvalue weighted by Gasteiger charge is -2.19. The van der Waals surface area contributed by atoms with Gasteiger partial charge in [-0.3, -0.25) is 4.79 Å². The Kier molecular flexibility index (Phi) is 4.54. The third kappa shape index (κ3) is 3.80. The van der Waals surface area contributed by atoms with Crippen LogP contribution in [0.2, 0.25) is 0 Å². The number of hydrogen-bond donors (Lipinski definition) is 1. The summed E-state index contributed by atoms with van der Waals surface area (Å²) in [5, 5.41) is 0. The minimum Gasteiger partial charge on any atom is -0.376 e. The number of rotatable bonds is 4. The Labute approximate surface area is 91.8 Å². The van der Waals surface area contributed by atoms with Crippen molar-refractivity contribution in [1.82, 2.24) is 4.90 Å². The molecule has 1 saturated heterocycles. The normalized spacial score (nSPS) is 23.5. The molecule has 0 aromatic heterocycles. The Morgan fingerprint density at radius 3 is 2.73 bits per heavy atom. The zero-order valence-electron chi connectivity index (χ0n) is 9.90. The Morgan fingerprint density at radius 1 is 1.53 bits per heavy atom. The molecular weight excluding hydrogens is 192 g/mol. The fraction of sp³-hybridized carbons (Fsp3) is 0.909. The van der Waals surface area contributed by atoms with Crippen molar-refractivity contribution >= 4 is 5.91 Å². The SMILES string of the molecule is CC(C)COC1CCN(C(=O)[C@@H](C)N)C1. The number of ether oxygens (including phenoxy) is 1. The highest BCUT2D eigenvalue weighted by molar-refractivity contribution is 5.81. The van der Waals surface area contributed by atoms with E-state index >= 15 is 0 Å². The number of hydrogen-bond acceptors (Lipinski definition) is 3. The number of likely N-dealkylation sites (tertiary alicyclic amines) is 1. The standard InChI is InChI=1S/C11H22N2O2/c1-8(2)7-15-10-4-5-13(6-10)11(14)9(3)12/h8-10H,4-7,12H2,1-3H3/t9-,10?/m1/s1. The highest BCUT2D eigenvalue weighted by atomic mass is 16.5. The Hall–Kier alpha value is -0.610. The van der Waals surface area contributed by atoms with E-state index in [2.05, 4.69) is 13.8 Å². The second-order valence-corrected chi connectivity index (χ2v) is 4.71. The molecule has 1 amide bonds. The number of nitrogens with two attached hydrogens (primary N) is 1. The highest BCUT2D eigenvalue weighted by Crippen LogP contribution is 2.14. The van der Waals surface area contributed by atoms with Crippen LogP contribution in [-0.4, -0.2) is 42.6 Å². The van der Waals surface area contributed by atoms with Crippen LogP contribution in [0, 0.1) is 5.92 Å². The lowest BCUT2D eigenvalue weighted by Crippen LogP contribution is -2.41. The van der Waals surface area contributed by atoms with Gasteiger partial charge in [-0.25, -0.2) is 0 Å². The van der Waals surface area contributed by atoms with Crippen molar-refractivity contribution in [3.05, 3.63) is 0 Å². The summed E-state index contributed by atoms with van der Waals surface area (Å²) in [5.74, 6) is 0.578. The van der Waals surface area contributed by atoms with Crippen LogP contribution in [0.3, 0.4) is 0 Å². The molecule has 2 N–H and O–H groups in total. The molecule has 4 nitrogen and oxygen atoms in total. The van der Waals surface area contributed by atoms with Crippen molar-refractivity contribution in [3.63, 3.8) is 0 Å². The molecule has 2 atom stereocenters. The molecule has 0 saturated carbocycles. The van der Waals surface area contributed by atoms with Crippen molar-refractivity contribution in [1.29, 1.82) is 0 Å². The van der Waals surface area contributed by atoms with E-state index in [-0.39, 0.29) is 12.0 Å². The molecule has 1 rings (SSSR count). The van der Waals surface area contributed by atoms with Gasteiger partial charge in [-0.1, -0.05) is 13.8 Å². The summed E-state index contributed by atoms with van der Waals surface area (Å²) in [7, 11) is 0. The molecule has 0 radical (unpaired) electrons. The van der Waals surface area contributed by atoms with Gasteiger partial charge in [0.05, 0.1) is 12.1 Å². The van der Waals surface area contributed by atoms with Gasteiger partial charge in [0.1, 0.15) is 0 Å².